The first-order chi connectivity index (χ1) is 12.3. The molecule has 2 saturated heterocycles. The van der Waals surface area contributed by atoms with Crippen LogP contribution in [0.25, 0.3) is 0 Å². The summed E-state index contributed by atoms with van der Waals surface area (Å²) in [5.41, 5.74) is 3.72. The Balaban J connectivity index is 1.41. The Hall–Kier alpha value is -2.16. The molecule has 0 aliphatic carbocycles. The molecule has 25 heavy (non-hydrogen) atoms. The van der Waals surface area contributed by atoms with E-state index in [1.54, 1.807) is 0 Å². The van der Waals surface area contributed by atoms with Gasteiger partial charge in [-0.1, -0.05) is 30.3 Å². The Morgan fingerprint density at radius 3 is 2.28 bits per heavy atom. The average molecular weight is 336 g/mol. The number of phenolic OH excluding ortho intramolecular Hbond substituents is 1. The molecule has 2 aliphatic rings. The van der Waals surface area contributed by atoms with Crippen molar-refractivity contribution < 1.29 is 5.11 Å². The highest BCUT2D eigenvalue weighted by Gasteiger charge is 2.22. The highest BCUT2D eigenvalue weighted by molar-refractivity contribution is 5.67. The number of rotatable bonds is 4. The van der Waals surface area contributed by atoms with E-state index in [0.717, 1.165) is 37.8 Å². The fourth-order valence-corrected chi connectivity index (χ4v) is 4.26. The van der Waals surface area contributed by atoms with Gasteiger partial charge in [-0.2, -0.15) is 0 Å². The molecular weight excluding hydrogens is 308 g/mol. The summed E-state index contributed by atoms with van der Waals surface area (Å²) in [7, 11) is 0. The second kappa shape index (κ2) is 7.38. The van der Waals surface area contributed by atoms with Crippen LogP contribution in [-0.4, -0.2) is 31.3 Å². The van der Waals surface area contributed by atoms with Crippen LogP contribution in [0.3, 0.4) is 0 Å². The topological polar surface area (TPSA) is 26.7 Å². The predicted molar refractivity (Wildman–Crippen MR) is 105 cm³/mol. The van der Waals surface area contributed by atoms with Crippen molar-refractivity contribution in [1.82, 2.24) is 0 Å². The smallest absolute Gasteiger partial charge is 0.139 e. The minimum absolute atomic E-state index is 0.421. The summed E-state index contributed by atoms with van der Waals surface area (Å²) >= 11 is 0. The molecular formula is C22H28N2O. The van der Waals surface area contributed by atoms with Gasteiger partial charge >= 0.3 is 0 Å². The summed E-state index contributed by atoms with van der Waals surface area (Å²) in [6.45, 7) is 4.36. The highest BCUT2D eigenvalue weighted by Crippen LogP contribution is 2.35. The molecule has 2 aliphatic heterocycles. The van der Waals surface area contributed by atoms with Gasteiger partial charge in [0.1, 0.15) is 5.75 Å². The van der Waals surface area contributed by atoms with E-state index < -0.39 is 0 Å². The zero-order valence-corrected chi connectivity index (χ0v) is 14.9. The molecule has 0 atom stereocenters. The molecule has 132 valence electrons. The number of benzene rings is 2. The summed E-state index contributed by atoms with van der Waals surface area (Å²) in [4.78, 5) is 4.81. The molecule has 2 aromatic rings. The third-order valence-corrected chi connectivity index (χ3v) is 5.75. The molecule has 3 nitrogen and oxygen atoms in total. The molecule has 3 heteroatoms. The van der Waals surface area contributed by atoms with E-state index in [2.05, 4.69) is 52.3 Å². The number of phenols is 1. The van der Waals surface area contributed by atoms with Crippen molar-refractivity contribution in [3.8, 4) is 5.75 Å². The van der Waals surface area contributed by atoms with Gasteiger partial charge in [0.15, 0.2) is 0 Å². The quantitative estimate of drug-likeness (QED) is 0.893. The lowest BCUT2D eigenvalue weighted by Crippen LogP contribution is -2.34. The molecule has 2 fully saturated rings. The molecule has 0 saturated carbocycles. The van der Waals surface area contributed by atoms with Crippen molar-refractivity contribution in [3.63, 3.8) is 0 Å². The Labute approximate surface area is 150 Å². The second-order valence-electron chi connectivity index (χ2n) is 7.49. The van der Waals surface area contributed by atoms with Gasteiger partial charge in [0.2, 0.25) is 0 Å². The summed E-state index contributed by atoms with van der Waals surface area (Å²) in [5, 5.41) is 10.4. The minimum atomic E-state index is 0.421. The van der Waals surface area contributed by atoms with Crippen LogP contribution in [0, 0.1) is 5.92 Å². The van der Waals surface area contributed by atoms with Crippen LogP contribution < -0.4 is 9.80 Å². The molecule has 4 rings (SSSR count). The Kier molecular flexibility index (Phi) is 4.82. The molecule has 0 aromatic heterocycles. The fraction of sp³-hybridized carbons (Fsp3) is 0.455. The van der Waals surface area contributed by atoms with Crippen LogP contribution in [0.2, 0.25) is 0 Å². The largest absolute Gasteiger partial charge is 0.506 e. The molecule has 2 aromatic carbocycles. The summed E-state index contributed by atoms with van der Waals surface area (Å²) in [6.07, 6.45) is 6.13. The lowest BCUT2D eigenvalue weighted by molar-refractivity contribution is 0.399. The zero-order valence-electron chi connectivity index (χ0n) is 14.9. The SMILES string of the molecule is Oc1ccc(N2CCCC2)cc1N1CCC(Cc2ccccc2)CC1. The van der Waals surface area contributed by atoms with Gasteiger partial charge in [-0.05, 0) is 61.8 Å². The molecule has 0 spiro atoms. The predicted octanol–water partition coefficient (Wildman–Crippen LogP) is 4.45. The minimum Gasteiger partial charge on any atom is -0.506 e. The zero-order chi connectivity index (χ0) is 17.1. The van der Waals surface area contributed by atoms with E-state index in [9.17, 15) is 5.11 Å². The Morgan fingerprint density at radius 2 is 1.56 bits per heavy atom. The third-order valence-electron chi connectivity index (χ3n) is 5.75. The van der Waals surface area contributed by atoms with Gasteiger partial charge < -0.3 is 14.9 Å². The molecule has 0 amide bonds. The van der Waals surface area contributed by atoms with Crippen molar-refractivity contribution in [2.24, 2.45) is 5.92 Å². The van der Waals surface area contributed by atoms with Crippen molar-refractivity contribution in [3.05, 3.63) is 54.1 Å². The van der Waals surface area contributed by atoms with Gasteiger partial charge in [-0.25, -0.2) is 0 Å². The van der Waals surface area contributed by atoms with E-state index in [4.69, 9.17) is 0 Å². The normalized spacial score (nSPS) is 18.7. The summed E-state index contributed by atoms with van der Waals surface area (Å²) in [6, 6.07) is 16.9. The molecule has 0 unspecified atom stereocenters. The lowest BCUT2D eigenvalue weighted by Gasteiger charge is -2.34. The molecule has 2 heterocycles. The standard InChI is InChI=1S/C22H28N2O/c25-22-9-8-20(23-12-4-5-13-23)17-21(22)24-14-10-19(11-15-24)16-18-6-2-1-3-7-18/h1-3,6-9,17,19,25H,4-5,10-16H2. The second-order valence-corrected chi connectivity index (χ2v) is 7.49. The van der Waals surface area contributed by atoms with Crippen LogP contribution in [0.5, 0.6) is 5.75 Å². The number of nitrogens with zero attached hydrogens (tertiary/aromatic N) is 2. The van der Waals surface area contributed by atoms with E-state index in [1.165, 1.54) is 43.4 Å². The number of piperidine rings is 1. The first-order valence-electron chi connectivity index (χ1n) is 9.66. The van der Waals surface area contributed by atoms with Crippen LogP contribution in [0.1, 0.15) is 31.2 Å². The van der Waals surface area contributed by atoms with Gasteiger partial charge in [0, 0.05) is 31.9 Å². The van der Waals surface area contributed by atoms with Gasteiger partial charge in [-0.3, -0.25) is 0 Å². The maximum atomic E-state index is 10.4. The number of hydrogen-bond donors (Lipinski definition) is 1. The van der Waals surface area contributed by atoms with Crippen LogP contribution in [0.15, 0.2) is 48.5 Å². The first-order valence-corrected chi connectivity index (χ1v) is 9.66. The highest BCUT2D eigenvalue weighted by atomic mass is 16.3. The van der Waals surface area contributed by atoms with Crippen molar-refractivity contribution in [1.29, 1.82) is 0 Å². The Bertz CT molecular complexity index is 686. The maximum Gasteiger partial charge on any atom is 0.139 e. The van der Waals surface area contributed by atoms with E-state index >= 15 is 0 Å². The van der Waals surface area contributed by atoms with Crippen molar-refractivity contribution in [2.75, 3.05) is 36.0 Å². The summed E-state index contributed by atoms with van der Waals surface area (Å²) in [5.74, 6) is 1.17. The van der Waals surface area contributed by atoms with Crippen molar-refractivity contribution >= 4 is 11.4 Å². The van der Waals surface area contributed by atoms with E-state index in [-0.39, 0.29) is 0 Å². The van der Waals surface area contributed by atoms with Gasteiger partial charge in [0.05, 0.1) is 5.69 Å². The molecule has 1 N–H and O–H groups in total. The van der Waals surface area contributed by atoms with Gasteiger partial charge in [0.25, 0.3) is 0 Å². The monoisotopic (exact) mass is 336 g/mol. The fourth-order valence-electron chi connectivity index (χ4n) is 4.26. The first kappa shape index (κ1) is 16.3. The maximum absolute atomic E-state index is 10.4. The van der Waals surface area contributed by atoms with Crippen molar-refractivity contribution in [2.45, 2.75) is 32.1 Å². The van der Waals surface area contributed by atoms with Crippen LogP contribution >= 0.6 is 0 Å². The van der Waals surface area contributed by atoms with Crippen LogP contribution in [0.4, 0.5) is 11.4 Å². The lowest BCUT2D eigenvalue weighted by atomic mass is 9.90. The molecule has 0 radical (unpaired) electrons. The molecule has 0 bridgehead atoms. The van der Waals surface area contributed by atoms with E-state index in [1.807, 2.05) is 6.07 Å². The third kappa shape index (κ3) is 3.76. The average Bonchev–Trinajstić information content (AvgIpc) is 3.19. The van der Waals surface area contributed by atoms with Crippen LogP contribution in [-0.2, 0) is 6.42 Å². The number of hydrogen-bond acceptors (Lipinski definition) is 3. The summed E-state index contributed by atoms with van der Waals surface area (Å²) < 4.78 is 0. The van der Waals surface area contributed by atoms with E-state index in [0.29, 0.717) is 5.75 Å². The van der Waals surface area contributed by atoms with Gasteiger partial charge in [-0.15, -0.1) is 0 Å². The number of aromatic hydroxyl groups is 1. The number of anilines is 2. The Morgan fingerprint density at radius 1 is 0.840 bits per heavy atom.